The Hall–Kier alpha value is -0.820. The fourth-order valence-electron chi connectivity index (χ4n) is 2.54. The van der Waals surface area contributed by atoms with Gasteiger partial charge in [-0.15, -0.1) is 0 Å². The largest absolute Gasteiger partial charge is 0.388 e. The standard InChI is InChI=1S/C17H26O/c1-4-17(2,3)15-10-8-14(9-11-15)16(18)12-13-6-5-7-13/h8-11,13,16,18H,4-7,12H2,1-3H3. The highest BCUT2D eigenvalue weighted by Crippen LogP contribution is 2.35. The highest BCUT2D eigenvalue weighted by Gasteiger charge is 2.22. The normalized spacial score (nSPS) is 18.4. The van der Waals surface area contributed by atoms with Crippen LogP contribution in [0.15, 0.2) is 24.3 Å². The van der Waals surface area contributed by atoms with Gasteiger partial charge in [-0.05, 0) is 35.3 Å². The second-order valence-electron chi connectivity index (χ2n) is 6.41. The van der Waals surface area contributed by atoms with Crippen LogP contribution >= 0.6 is 0 Å². The Morgan fingerprint density at radius 3 is 2.28 bits per heavy atom. The maximum Gasteiger partial charge on any atom is 0.0792 e. The summed E-state index contributed by atoms with van der Waals surface area (Å²) in [6.45, 7) is 6.76. The molecule has 0 saturated heterocycles. The Morgan fingerprint density at radius 2 is 1.83 bits per heavy atom. The zero-order valence-electron chi connectivity index (χ0n) is 11.9. The molecule has 0 radical (unpaired) electrons. The van der Waals surface area contributed by atoms with Gasteiger partial charge in [-0.1, -0.05) is 64.3 Å². The zero-order valence-corrected chi connectivity index (χ0v) is 11.9. The fraction of sp³-hybridized carbons (Fsp3) is 0.647. The Kier molecular flexibility index (Phi) is 4.11. The van der Waals surface area contributed by atoms with Gasteiger partial charge in [-0.25, -0.2) is 0 Å². The smallest absolute Gasteiger partial charge is 0.0792 e. The lowest BCUT2D eigenvalue weighted by Gasteiger charge is -2.28. The van der Waals surface area contributed by atoms with E-state index in [4.69, 9.17) is 0 Å². The molecule has 1 nitrogen and oxygen atoms in total. The number of hydrogen-bond acceptors (Lipinski definition) is 1. The summed E-state index contributed by atoms with van der Waals surface area (Å²) in [6, 6.07) is 8.58. The van der Waals surface area contributed by atoms with Gasteiger partial charge >= 0.3 is 0 Å². The molecule has 18 heavy (non-hydrogen) atoms. The summed E-state index contributed by atoms with van der Waals surface area (Å²) in [7, 11) is 0. The van der Waals surface area contributed by atoms with E-state index >= 15 is 0 Å². The topological polar surface area (TPSA) is 20.2 Å². The predicted octanol–water partition coefficient (Wildman–Crippen LogP) is 4.60. The molecule has 1 unspecified atom stereocenters. The third kappa shape index (κ3) is 2.95. The number of aliphatic hydroxyl groups excluding tert-OH is 1. The molecule has 1 aromatic rings. The monoisotopic (exact) mass is 246 g/mol. The summed E-state index contributed by atoms with van der Waals surface area (Å²) >= 11 is 0. The van der Waals surface area contributed by atoms with Gasteiger partial charge in [0.1, 0.15) is 0 Å². The first-order valence-electron chi connectivity index (χ1n) is 7.31. The van der Waals surface area contributed by atoms with Crippen LogP contribution in [0, 0.1) is 5.92 Å². The van der Waals surface area contributed by atoms with E-state index in [-0.39, 0.29) is 11.5 Å². The molecule has 0 heterocycles. The van der Waals surface area contributed by atoms with E-state index in [0.29, 0.717) is 0 Å². The van der Waals surface area contributed by atoms with Crippen molar-refractivity contribution in [2.75, 3.05) is 0 Å². The minimum Gasteiger partial charge on any atom is -0.388 e. The van der Waals surface area contributed by atoms with Crippen LogP contribution in [0.2, 0.25) is 0 Å². The second-order valence-corrected chi connectivity index (χ2v) is 6.41. The number of aliphatic hydroxyl groups is 1. The van der Waals surface area contributed by atoms with Gasteiger partial charge in [0, 0.05) is 0 Å². The highest BCUT2D eigenvalue weighted by molar-refractivity contribution is 5.29. The lowest BCUT2D eigenvalue weighted by Crippen LogP contribution is -2.16. The average molecular weight is 246 g/mol. The molecule has 2 rings (SSSR count). The van der Waals surface area contributed by atoms with Crippen molar-refractivity contribution in [3.05, 3.63) is 35.4 Å². The van der Waals surface area contributed by atoms with Crippen LogP contribution in [0.1, 0.15) is 70.1 Å². The van der Waals surface area contributed by atoms with E-state index in [9.17, 15) is 5.11 Å². The SMILES string of the molecule is CCC(C)(C)c1ccc(C(O)CC2CCC2)cc1. The van der Waals surface area contributed by atoms with Crippen LogP contribution in [0.25, 0.3) is 0 Å². The lowest BCUT2D eigenvalue weighted by molar-refractivity contribution is 0.118. The molecule has 1 aliphatic carbocycles. The van der Waals surface area contributed by atoms with E-state index in [0.717, 1.165) is 24.3 Å². The van der Waals surface area contributed by atoms with Crippen LogP contribution in [0.5, 0.6) is 0 Å². The fourth-order valence-corrected chi connectivity index (χ4v) is 2.54. The quantitative estimate of drug-likeness (QED) is 0.805. The maximum absolute atomic E-state index is 10.2. The van der Waals surface area contributed by atoms with Gasteiger partial charge in [0.25, 0.3) is 0 Å². The van der Waals surface area contributed by atoms with Crippen molar-refractivity contribution in [2.24, 2.45) is 5.92 Å². The Balaban J connectivity index is 2.02. The summed E-state index contributed by atoms with van der Waals surface area (Å²) in [5.41, 5.74) is 2.68. The van der Waals surface area contributed by atoms with E-state index in [1.165, 1.54) is 24.8 Å². The molecule has 1 aliphatic rings. The van der Waals surface area contributed by atoms with Crippen molar-refractivity contribution >= 4 is 0 Å². The maximum atomic E-state index is 10.2. The summed E-state index contributed by atoms with van der Waals surface area (Å²) in [6.07, 6.45) is 5.76. The number of rotatable bonds is 5. The third-order valence-electron chi connectivity index (χ3n) is 4.74. The first kappa shape index (κ1) is 13.6. The molecule has 1 aromatic carbocycles. The van der Waals surface area contributed by atoms with Gasteiger partial charge in [-0.2, -0.15) is 0 Å². The minimum atomic E-state index is -0.269. The molecule has 0 aliphatic heterocycles. The number of hydrogen-bond donors (Lipinski definition) is 1. The molecular formula is C17H26O. The Labute approximate surface area is 111 Å². The van der Waals surface area contributed by atoms with Gasteiger partial charge in [0.2, 0.25) is 0 Å². The molecular weight excluding hydrogens is 220 g/mol. The van der Waals surface area contributed by atoms with Crippen LogP contribution < -0.4 is 0 Å². The van der Waals surface area contributed by atoms with Crippen molar-refractivity contribution in [3.8, 4) is 0 Å². The zero-order chi connectivity index (χ0) is 13.2. The molecule has 1 heteroatoms. The Bertz CT molecular complexity index is 373. The molecule has 0 aromatic heterocycles. The van der Waals surface area contributed by atoms with Crippen LogP contribution in [-0.2, 0) is 5.41 Å². The van der Waals surface area contributed by atoms with Gasteiger partial charge < -0.3 is 5.11 Å². The third-order valence-corrected chi connectivity index (χ3v) is 4.74. The summed E-state index contributed by atoms with van der Waals surface area (Å²) in [5.74, 6) is 0.756. The van der Waals surface area contributed by atoms with E-state index in [1.54, 1.807) is 0 Å². The number of benzene rings is 1. The van der Waals surface area contributed by atoms with Crippen molar-refractivity contribution in [3.63, 3.8) is 0 Å². The van der Waals surface area contributed by atoms with Crippen molar-refractivity contribution in [1.82, 2.24) is 0 Å². The average Bonchev–Trinajstić information content (AvgIpc) is 2.33. The minimum absolute atomic E-state index is 0.234. The van der Waals surface area contributed by atoms with Gasteiger partial charge in [0.05, 0.1) is 6.10 Å². The van der Waals surface area contributed by atoms with Crippen molar-refractivity contribution < 1.29 is 5.11 Å². The summed E-state index contributed by atoms with van der Waals surface area (Å²) in [5, 5.41) is 10.2. The lowest BCUT2D eigenvalue weighted by atomic mass is 9.79. The molecule has 1 saturated carbocycles. The molecule has 100 valence electrons. The summed E-state index contributed by atoms with van der Waals surface area (Å²) < 4.78 is 0. The van der Waals surface area contributed by atoms with Crippen LogP contribution in [-0.4, -0.2) is 5.11 Å². The van der Waals surface area contributed by atoms with Gasteiger partial charge in [-0.3, -0.25) is 0 Å². The molecule has 0 spiro atoms. The van der Waals surface area contributed by atoms with Crippen molar-refractivity contribution in [2.45, 2.75) is 64.4 Å². The summed E-state index contributed by atoms with van der Waals surface area (Å²) in [4.78, 5) is 0. The predicted molar refractivity (Wildman–Crippen MR) is 76.7 cm³/mol. The van der Waals surface area contributed by atoms with Crippen molar-refractivity contribution in [1.29, 1.82) is 0 Å². The Morgan fingerprint density at radius 1 is 1.22 bits per heavy atom. The highest BCUT2D eigenvalue weighted by atomic mass is 16.3. The first-order chi connectivity index (χ1) is 8.53. The van der Waals surface area contributed by atoms with E-state index < -0.39 is 0 Å². The van der Waals surface area contributed by atoms with E-state index in [1.807, 2.05) is 0 Å². The van der Waals surface area contributed by atoms with E-state index in [2.05, 4.69) is 45.0 Å². The molecule has 0 bridgehead atoms. The molecule has 0 amide bonds. The molecule has 1 atom stereocenters. The van der Waals surface area contributed by atoms with Crippen LogP contribution in [0.4, 0.5) is 0 Å². The molecule has 1 N–H and O–H groups in total. The molecule has 1 fully saturated rings. The van der Waals surface area contributed by atoms with Gasteiger partial charge in [0.15, 0.2) is 0 Å². The van der Waals surface area contributed by atoms with Crippen LogP contribution in [0.3, 0.4) is 0 Å². The second kappa shape index (κ2) is 5.44. The first-order valence-corrected chi connectivity index (χ1v) is 7.31.